The van der Waals surface area contributed by atoms with Gasteiger partial charge in [-0.1, -0.05) is 201 Å². The first kappa shape index (κ1) is 33.8. The quantitative estimate of drug-likeness (QED) is 0.118. The van der Waals surface area contributed by atoms with Gasteiger partial charge in [-0.05, 0) is 155 Å². The summed E-state index contributed by atoms with van der Waals surface area (Å²) in [5.41, 5.74) is -5.93. The molecule has 0 bridgehead atoms. The summed E-state index contributed by atoms with van der Waals surface area (Å²) in [7, 11) is 0. The summed E-state index contributed by atoms with van der Waals surface area (Å²) in [6.45, 7) is 7.36. The lowest BCUT2D eigenvalue weighted by molar-refractivity contribution is -0.572. The molecule has 0 N–H and O–H groups in total. The Kier molecular flexibility index (Phi) is 7.99. The number of hydrogen-bond donors (Lipinski definition) is 0. The number of fused-ring (bicyclic) bond motifs is 5. The zero-order valence-electron chi connectivity index (χ0n) is 65.0. The minimum Gasteiger partial charge on any atom is -0.458 e. The molecule has 0 amide bonds. The number of nitrogens with zero attached hydrogens (tertiary/aromatic N) is 4. The molecule has 0 saturated carbocycles. The molecule has 11 rings (SSSR count). The molecule has 392 valence electrons. The van der Waals surface area contributed by atoms with Crippen LogP contribution in [0.15, 0.2) is 158 Å². The van der Waals surface area contributed by atoms with Crippen molar-refractivity contribution in [3.63, 3.8) is 0 Å². The number of aromatic nitrogens is 4. The summed E-state index contributed by atoms with van der Waals surface area (Å²) in [6.07, 6.45) is -3.58. The Morgan fingerprint density at radius 3 is 1.95 bits per heavy atom. The maximum Gasteiger partial charge on any atom is 0.269 e. The van der Waals surface area contributed by atoms with E-state index in [1.54, 1.807) is 15.2 Å². The van der Waals surface area contributed by atoms with Gasteiger partial charge in [0, 0.05) is 45.0 Å². The van der Waals surface area contributed by atoms with Crippen LogP contribution in [0.1, 0.15) is 183 Å². The standard InChI is InChI=1S/C72H78N4O/c1-67(2,3)49-28-24-46(25-29-49)47-27-33-62-64(39-47)74(45-75(62)66-57(40-51(69(7,8)9)41-60(66)70(10,11)12)48-26-32-58-59(38-48)72(15,16)36-35-71(58,13)14)52-20-19-21-53(43-52)77-54-30-31-56-55-22-17-18-23-61(55)76(63(56)44-54)65-42-50(34-37-73-65)68(4,5)6/h17-34,37-44H,35-36H2,1-16H3/i13D3,14D3,15D3,16D3,26D,32D,35D2,36D2,38D. The van der Waals surface area contributed by atoms with E-state index in [-0.39, 0.29) is 22.1 Å². The van der Waals surface area contributed by atoms with Gasteiger partial charge in [-0.15, -0.1) is 0 Å². The third-order valence-corrected chi connectivity index (χ3v) is 14.8. The van der Waals surface area contributed by atoms with Crippen LogP contribution in [-0.4, -0.2) is 14.1 Å². The highest BCUT2D eigenvalue weighted by Crippen LogP contribution is 2.48. The van der Waals surface area contributed by atoms with Gasteiger partial charge in [-0.3, -0.25) is 13.7 Å². The molecule has 3 heterocycles. The summed E-state index contributed by atoms with van der Waals surface area (Å²) in [4.78, 5) is 4.86. The Morgan fingerprint density at radius 1 is 0.571 bits per heavy atom. The van der Waals surface area contributed by atoms with E-state index in [1.807, 2.05) is 145 Å². The smallest absolute Gasteiger partial charge is 0.269 e. The molecule has 7 aromatic carbocycles. The third kappa shape index (κ3) is 9.48. The number of pyridine rings is 1. The van der Waals surface area contributed by atoms with Gasteiger partial charge in [0.2, 0.25) is 0 Å². The van der Waals surface area contributed by atoms with Crippen molar-refractivity contribution in [3.8, 4) is 50.9 Å². The lowest BCUT2D eigenvalue weighted by Crippen LogP contribution is -2.36. The van der Waals surface area contributed by atoms with Crippen molar-refractivity contribution in [2.75, 3.05) is 0 Å². The van der Waals surface area contributed by atoms with Gasteiger partial charge >= 0.3 is 0 Å². The van der Waals surface area contributed by atoms with Crippen LogP contribution in [0.4, 0.5) is 0 Å². The maximum absolute atomic E-state index is 10.5. The highest BCUT2D eigenvalue weighted by Gasteiger charge is 2.38. The number of para-hydroxylation sites is 1. The van der Waals surface area contributed by atoms with E-state index in [0.29, 0.717) is 39.3 Å². The van der Waals surface area contributed by atoms with Gasteiger partial charge in [0.1, 0.15) is 17.3 Å². The van der Waals surface area contributed by atoms with Crippen LogP contribution < -0.4 is 9.30 Å². The van der Waals surface area contributed by atoms with Crippen LogP contribution in [0.5, 0.6) is 11.5 Å². The van der Waals surface area contributed by atoms with E-state index in [9.17, 15) is 9.60 Å². The van der Waals surface area contributed by atoms with Gasteiger partial charge < -0.3 is 4.74 Å². The summed E-state index contributed by atoms with van der Waals surface area (Å²) >= 11 is 0. The lowest BCUT2D eigenvalue weighted by Gasteiger charge is -2.42. The van der Waals surface area contributed by atoms with Gasteiger partial charge in [0.25, 0.3) is 6.33 Å². The second kappa shape index (κ2) is 18.2. The minimum absolute atomic E-state index is 0.112. The van der Waals surface area contributed by atoms with E-state index in [1.165, 1.54) is 0 Å². The molecule has 1 aliphatic carbocycles. The predicted octanol–water partition coefficient (Wildman–Crippen LogP) is 18.9. The molecule has 0 saturated heterocycles. The highest BCUT2D eigenvalue weighted by atomic mass is 16.5. The van der Waals surface area contributed by atoms with Crippen molar-refractivity contribution in [1.82, 2.24) is 14.1 Å². The fourth-order valence-corrected chi connectivity index (χ4v) is 10.4. The molecular weight excluding hydrogens is 937 g/mol. The van der Waals surface area contributed by atoms with Gasteiger partial charge in [0.05, 0.1) is 37.6 Å². The summed E-state index contributed by atoms with van der Waals surface area (Å²) in [6, 6.07) is 39.3. The number of benzene rings is 7. The number of ether oxygens (including phenoxy) is 1. The molecule has 0 spiro atoms. The van der Waals surface area contributed by atoms with E-state index in [4.69, 9.17) is 26.2 Å². The van der Waals surface area contributed by atoms with E-state index < -0.39 is 96.6 Å². The number of hydrogen-bond acceptors (Lipinski definition) is 2. The number of imidazole rings is 1. The topological polar surface area (TPSA) is 35.9 Å². The van der Waals surface area contributed by atoms with Crippen molar-refractivity contribution in [2.45, 2.75) is 156 Å². The molecule has 0 unspecified atom stereocenters. The van der Waals surface area contributed by atoms with Crippen LogP contribution in [0, 0.1) is 6.33 Å². The van der Waals surface area contributed by atoms with Crippen LogP contribution in [0.3, 0.4) is 0 Å². The summed E-state index contributed by atoms with van der Waals surface area (Å²) < 4.78 is 189. The van der Waals surface area contributed by atoms with Crippen molar-refractivity contribution >= 4 is 32.8 Å². The van der Waals surface area contributed by atoms with Crippen LogP contribution in [0.25, 0.3) is 72.3 Å². The predicted molar refractivity (Wildman–Crippen MR) is 323 cm³/mol. The monoisotopic (exact) mass is 1030 g/mol. The van der Waals surface area contributed by atoms with E-state index in [0.717, 1.165) is 49.9 Å². The molecule has 1 aliphatic rings. The zero-order valence-corrected chi connectivity index (χ0v) is 46.0. The molecular formula is C72H78N4O. The zero-order chi connectivity index (χ0) is 71.0. The molecule has 5 heteroatoms. The van der Waals surface area contributed by atoms with Crippen LogP contribution in [-0.2, 0) is 32.5 Å². The summed E-state index contributed by atoms with van der Waals surface area (Å²) in [5, 5.41) is 2.02. The molecule has 5 nitrogen and oxygen atoms in total. The molecule has 0 fully saturated rings. The Morgan fingerprint density at radius 2 is 1.25 bits per heavy atom. The van der Waals surface area contributed by atoms with Gasteiger partial charge in [0.15, 0.2) is 0 Å². The average Bonchev–Trinajstić information content (AvgIpc) is 0.754. The largest absolute Gasteiger partial charge is 0.458 e. The molecule has 0 atom stereocenters. The van der Waals surface area contributed by atoms with Crippen molar-refractivity contribution in [3.05, 3.63) is 197 Å². The third-order valence-electron chi connectivity index (χ3n) is 14.8. The van der Waals surface area contributed by atoms with Crippen molar-refractivity contribution in [2.24, 2.45) is 0 Å². The van der Waals surface area contributed by atoms with Gasteiger partial charge in [-0.2, -0.15) is 0 Å². The Balaban J connectivity index is 1.23. The molecule has 77 heavy (non-hydrogen) atoms. The average molecular weight is 1030 g/mol. The fourth-order valence-electron chi connectivity index (χ4n) is 10.4. The Labute approximate surface area is 485 Å². The molecule has 0 radical (unpaired) electrons. The second-order valence-electron chi connectivity index (χ2n) is 24.8. The maximum atomic E-state index is 10.5. The summed E-state index contributed by atoms with van der Waals surface area (Å²) in [5.74, 6) is 1.69. The van der Waals surface area contributed by atoms with E-state index in [2.05, 4.69) is 82.8 Å². The Bertz CT molecular complexity index is 4740. The second-order valence-corrected chi connectivity index (χ2v) is 24.8. The fraction of sp³-hybridized carbons (Fsp3) is 0.333. The number of rotatable bonds is 7. The molecule has 10 aromatic rings. The molecule has 3 aromatic heterocycles. The van der Waals surface area contributed by atoms with Gasteiger partial charge in [-0.25, -0.2) is 4.98 Å². The van der Waals surface area contributed by atoms with E-state index >= 15 is 0 Å². The van der Waals surface area contributed by atoms with Crippen LogP contribution >= 0.6 is 0 Å². The van der Waals surface area contributed by atoms with Crippen molar-refractivity contribution in [1.29, 1.82) is 0 Å². The molecule has 0 aliphatic heterocycles. The first-order valence-electron chi connectivity index (χ1n) is 35.7. The van der Waals surface area contributed by atoms with Crippen molar-refractivity contribution < 1.29 is 35.3 Å². The SMILES string of the molecule is [2H]c1c([2H])c2c(c([2H])c1-c1cc(C(C)(C)C)cc(C(C)(C)C)c1-[n+]1[c-]n(-c3cccc(Oc4ccc5c6ccccc6n(-c6cc(C(C)(C)C)ccn6)c5c4)c3)c3cc(-c4ccc(C(C)(C)C)cc4)ccc31)C(C([2H])([2H])[2H])(C([2H])([2H])[2H])C([2H])([2H])C([2H])([2H])C2(C([2H])([2H])[2H])C([2H])([2H])[2H]. The normalized spacial score (nSPS) is 20.4. The highest BCUT2D eigenvalue weighted by molar-refractivity contribution is 6.09. The van der Waals surface area contributed by atoms with Crippen LogP contribution in [0.2, 0.25) is 0 Å². The minimum atomic E-state index is -4.51. The lowest BCUT2D eigenvalue weighted by atomic mass is 9.63. The Hall–Kier alpha value is -7.24. The first-order chi connectivity index (χ1) is 44.0. The first-order valence-corrected chi connectivity index (χ1v) is 26.2.